The van der Waals surface area contributed by atoms with E-state index in [1.54, 1.807) is 12.3 Å². The third-order valence-electron chi connectivity index (χ3n) is 8.45. The van der Waals surface area contributed by atoms with Crippen LogP contribution in [0.25, 0.3) is 21.8 Å². The number of nitrogens with one attached hydrogen (secondary N) is 4. The number of carbonyl (C=O) groups excluding carboxylic acids is 1. The van der Waals surface area contributed by atoms with Gasteiger partial charge in [-0.15, -0.1) is 0 Å². The molecule has 0 saturated heterocycles. The minimum Gasteiger partial charge on any atom is -0.445 e. The predicted octanol–water partition coefficient (Wildman–Crippen LogP) is 6.45. The molecule has 1 amide bonds. The lowest BCUT2D eigenvalue weighted by Crippen LogP contribution is -2.29. The van der Waals surface area contributed by atoms with Gasteiger partial charge in [-0.1, -0.05) is 56.3 Å². The molecule has 45 heavy (non-hydrogen) atoms. The lowest BCUT2D eigenvalue weighted by atomic mass is 9.98. The van der Waals surface area contributed by atoms with Crippen LogP contribution in [0.3, 0.4) is 0 Å². The fourth-order valence-electron chi connectivity index (χ4n) is 6.04. The molecule has 2 heterocycles. The topological polar surface area (TPSA) is 138 Å². The highest BCUT2D eigenvalue weighted by molar-refractivity contribution is 7.89. The molecule has 1 saturated carbocycles. The van der Waals surface area contributed by atoms with Crippen LogP contribution in [0.4, 0.5) is 10.7 Å². The van der Waals surface area contributed by atoms with E-state index >= 15 is 0 Å². The first-order valence-electron chi connectivity index (χ1n) is 15.4. The Hall–Kier alpha value is -4.48. The fourth-order valence-corrected chi connectivity index (χ4v) is 7.49. The molecule has 5 aromatic rings. The van der Waals surface area contributed by atoms with Crippen molar-refractivity contribution in [3.8, 4) is 0 Å². The Kier molecular flexibility index (Phi) is 7.66. The minimum atomic E-state index is -3.88. The van der Waals surface area contributed by atoms with Gasteiger partial charge in [-0.2, -0.15) is 0 Å². The highest BCUT2D eigenvalue weighted by Crippen LogP contribution is 2.47. The second-order valence-corrected chi connectivity index (χ2v) is 14.1. The normalized spacial score (nSPS) is 17.9. The van der Waals surface area contributed by atoms with Gasteiger partial charge in [0.25, 0.3) is 0 Å². The van der Waals surface area contributed by atoms with Crippen molar-refractivity contribution in [3.63, 3.8) is 0 Å². The van der Waals surface area contributed by atoms with Crippen molar-refractivity contribution in [1.29, 1.82) is 0 Å². The number of ether oxygens (including phenoxy) is 1. The third-order valence-corrected chi connectivity index (χ3v) is 9.91. The summed E-state index contributed by atoms with van der Waals surface area (Å²) in [5.74, 6) is 1.07. The Morgan fingerprint density at radius 3 is 2.56 bits per heavy atom. The van der Waals surface area contributed by atoms with E-state index in [1.165, 1.54) is 0 Å². The lowest BCUT2D eigenvalue weighted by Gasteiger charge is -2.19. The number of alkyl carbamates (subject to hydrolysis) is 1. The number of aromatic nitrogens is 3. The molecular formula is C34H36N6O4S. The number of H-pyrrole nitrogens is 1. The molecule has 2 aliphatic carbocycles. The summed E-state index contributed by atoms with van der Waals surface area (Å²) in [7, 11) is -3.88. The van der Waals surface area contributed by atoms with Gasteiger partial charge >= 0.3 is 6.09 Å². The van der Waals surface area contributed by atoms with Crippen molar-refractivity contribution in [2.45, 2.75) is 62.6 Å². The van der Waals surface area contributed by atoms with Crippen molar-refractivity contribution in [2.75, 3.05) is 11.9 Å². The minimum absolute atomic E-state index is 0.122. The molecule has 7 rings (SSSR count). The van der Waals surface area contributed by atoms with Gasteiger partial charge in [-0.05, 0) is 66.1 Å². The number of fused-ring (bicyclic) bond motifs is 4. The summed E-state index contributed by atoms with van der Waals surface area (Å²) in [5, 5.41) is 7.91. The van der Waals surface area contributed by atoms with Gasteiger partial charge in [0, 0.05) is 35.1 Å². The van der Waals surface area contributed by atoms with E-state index in [9.17, 15) is 13.2 Å². The maximum absolute atomic E-state index is 13.8. The lowest BCUT2D eigenvalue weighted by molar-refractivity contribution is 0.135. The maximum atomic E-state index is 13.8. The monoisotopic (exact) mass is 624 g/mol. The van der Waals surface area contributed by atoms with Gasteiger partial charge in [0.05, 0.1) is 28.0 Å². The van der Waals surface area contributed by atoms with E-state index in [2.05, 4.69) is 20.3 Å². The zero-order chi connectivity index (χ0) is 31.1. The van der Waals surface area contributed by atoms with E-state index in [-0.39, 0.29) is 23.5 Å². The Morgan fingerprint density at radius 2 is 1.80 bits per heavy atom. The van der Waals surface area contributed by atoms with Crippen LogP contribution in [0.1, 0.15) is 73.5 Å². The fraction of sp³-hybridized carbons (Fsp3) is 0.324. The Labute approximate surface area is 262 Å². The van der Waals surface area contributed by atoms with Crippen molar-refractivity contribution in [3.05, 3.63) is 95.3 Å². The van der Waals surface area contributed by atoms with E-state index < -0.39 is 22.2 Å². The van der Waals surface area contributed by atoms with Crippen LogP contribution in [-0.4, -0.2) is 36.0 Å². The van der Waals surface area contributed by atoms with Crippen LogP contribution >= 0.6 is 0 Å². The molecule has 0 radical (unpaired) electrons. The SMILES string of the molecule is CC(C)CNS(=O)(=O)c1cc2c(c3cnc(C4CC4)cc13)[C@@H](Nc1nc3ccccc3[nH]1)C[C@@H]2NC(=O)OCc1ccccc1. The van der Waals surface area contributed by atoms with Crippen LogP contribution in [-0.2, 0) is 21.4 Å². The molecule has 2 aliphatic rings. The number of carbonyl (C=O) groups is 1. The maximum Gasteiger partial charge on any atom is 0.407 e. The first kappa shape index (κ1) is 29.2. The summed E-state index contributed by atoms with van der Waals surface area (Å²) < 4.78 is 36.0. The Bertz CT molecular complexity index is 1960. The molecule has 3 aromatic carbocycles. The number of sulfonamides is 1. The number of pyridine rings is 1. The van der Waals surface area contributed by atoms with Crippen molar-refractivity contribution in [2.24, 2.45) is 5.92 Å². The number of hydrogen-bond acceptors (Lipinski definition) is 7. The number of anilines is 1. The number of amides is 1. The van der Waals surface area contributed by atoms with E-state index in [0.29, 0.717) is 35.8 Å². The number of aromatic amines is 1. The smallest absolute Gasteiger partial charge is 0.407 e. The van der Waals surface area contributed by atoms with Crippen LogP contribution in [0, 0.1) is 5.92 Å². The number of rotatable bonds is 10. The molecule has 10 nitrogen and oxygen atoms in total. The molecular weight excluding hydrogens is 588 g/mol. The van der Waals surface area contributed by atoms with Crippen LogP contribution in [0.5, 0.6) is 0 Å². The van der Waals surface area contributed by atoms with Gasteiger partial charge < -0.3 is 20.4 Å². The zero-order valence-electron chi connectivity index (χ0n) is 25.2. The number of hydrogen-bond donors (Lipinski definition) is 4. The number of para-hydroxylation sites is 2. The average molecular weight is 625 g/mol. The van der Waals surface area contributed by atoms with Gasteiger partial charge in [0.2, 0.25) is 16.0 Å². The molecule has 1 fully saturated rings. The van der Waals surface area contributed by atoms with Gasteiger partial charge in [-0.3, -0.25) is 4.98 Å². The zero-order valence-corrected chi connectivity index (χ0v) is 26.0. The summed E-state index contributed by atoms with van der Waals surface area (Å²) in [6.45, 7) is 4.37. The Balaban J connectivity index is 1.30. The second kappa shape index (κ2) is 11.8. The average Bonchev–Trinajstić information content (AvgIpc) is 3.72. The van der Waals surface area contributed by atoms with Gasteiger partial charge in [0.15, 0.2) is 0 Å². The number of benzene rings is 3. The molecule has 4 N–H and O–H groups in total. The largest absolute Gasteiger partial charge is 0.445 e. The Morgan fingerprint density at radius 1 is 1.02 bits per heavy atom. The van der Waals surface area contributed by atoms with Crippen LogP contribution < -0.4 is 15.4 Å². The quantitative estimate of drug-likeness (QED) is 0.140. The highest BCUT2D eigenvalue weighted by atomic mass is 32.2. The highest BCUT2D eigenvalue weighted by Gasteiger charge is 2.37. The van der Waals surface area contributed by atoms with Crippen molar-refractivity contribution < 1.29 is 17.9 Å². The summed E-state index contributed by atoms with van der Waals surface area (Å²) in [6.07, 6.45) is 3.76. The molecule has 11 heteroatoms. The third kappa shape index (κ3) is 6.10. The molecule has 2 atom stereocenters. The van der Waals surface area contributed by atoms with Crippen LogP contribution in [0.15, 0.2) is 77.8 Å². The molecule has 0 aliphatic heterocycles. The van der Waals surface area contributed by atoms with Gasteiger partial charge in [0.1, 0.15) is 6.61 Å². The molecule has 0 unspecified atom stereocenters. The first-order valence-corrected chi connectivity index (χ1v) is 16.9. The standard InChI is InChI=1S/C34H36N6O4S/c1-20(2)17-36-45(42,43)31-15-24-29(40-34(41)44-19-21-8-4-3-5-9-21)16-30(39-33-37-26-10-6-7-11-27(26)38-33)32(24)25-18-35-28(14-23(25)31)22-12-13-22/h3-11,14-15,18,20,22,29-30,36H,12-13,16-17,19H2,1-2H3,(H,40,41)(H2,37,38,39)/t29-,30-/m0/s1. The summed E-state index contributed by atoms with van der Waals surface area (Å²) in [4.78, 5) is 26.1. The van der Waals surface area contributed by atoms with E-state index in [1.807, 2.05) is 74.5 Å². The summed E-state index contributed by atoms with van der Waals surface area (Å²) >= 11 is 0. The number of nitrogens with zero attached hydrogens (tertiary/aromatic N) is 2. The molecule has 0 bridgehead atoms. The molecule has 2 aromatic heterocycles. The molecule has 0 spiro atoms. The van der Waals surface area contributed by atoms with Crippen molar-refractivity contribution in [1.82, 2.24) is 25.0 Å². The predicted molar refractivity (Wildman–Crippen MR) is 173 cm³/mol. The van der Waals surface area contributed by atoms with E-state index in [4.69, 9.17) is 14.7 Å². The van der Waals surface area contributed by atoms with Crippen LogP contribution in [0.2, 0.25) is 0 Å². The summed E-state index contributed by atoms with van der Waals surface area (Å²) in [5.41, 5.74) is 5.10. The van der Waals surface area contributed by atoms with E-state index in [0.717, 1.165) is 46.1 Å². The first-order chi connectivity index (χ1) is 21.7. The number of imidazole rings is 1. The van der Waals surface area contributed by atoms with Crippen molar-refractivity contribution >= 4 is 43.9 Å². The van der Waals surface area contributed by atoms with Gasteiger partial charge in [-0.25, -0.2) is 22.9 Å². The summed E-state index contributed by atoms with van der Waals surface area (Å²) in [6, 6.07) is 20.1. The second-order valence-electron chi connectivity index (χ2n) is 12.3. The molecule has 232 valence electrons.